The molecule has 0 aliphatic heterocycles. The summed E-state index contributed by atoms with van der Waals surface area (Å²) in [7, 11) is 0. The summed E-state index contributed by atoms with van der Waals surface area (Å²) in [6, 6.07) is 0. The molecular formula is C13H14F6O3. The van der Waals surface area contributed by atoms with Crippen LogP contribution in [0.2, 0.25) is 0 Å². The molecule has 2 aliphatic carbocycles. The van der Waals surface area contributed by atoms with Crippen LogP contribution < -0.4 is 0 Å². The fourth-order valence-corrected chi connectivity index (χ4v) is 3.66. The Hall–Kier alpha value is -1.25. The van der Waals surface area contributed by atoms with Crippen molar-refractivity contribution in [2.75, 3.05) is 0 Å². The zero-order chi connectivity index (χ0) is 16.9. The van der Waals surface area contributed by atoms with Gasteiger partial charge in [-0.1, -0.05) is 6.58 Å². The van der Waals surface area contributed by atoms with Crippen LogP contribution in [0.15, 0.2) is 12.7 Å². The van der Waals surface area contributed by atoms with E-state index in [2.05, 4.69) is 6.58 Å². The number of fused-ring (bicyclic) bond motifs is 2. The number of aliphatic hydroxyl groups is 1. The summed E-state index contributed by atoms with van der Waals surface area (Å²) < 4.78 is 82.1. The number of ether oxygens (including phenoxy) is 1. The number of hydrogen-bond donors (Lipinski definition) is 1. The molecule has 126 valence electrons. The van der Waals surface area contributed by atoms with E-state index >= 15 is 0 Å². The van der Waals surface area contributed by atoms with Crippen LogP contribution in [0, 0.1) is 17.8 Å². The molecule has 2 aliphatic rings. The molecule has 2 bridgehead atoms. The molecular weight excluding hydrogens is 318 g/mol. The summed E-state index contributed by atoms with van der Waals surface area (Å²) in [6.45, 7) is 3.17. The quantitative estimate of drug-likeness (QED) is 0.491. The fourth-order valence-electron chi connectivity index (χ4n) is 3.66. The second-order valence-electron chi connectivity index (χ2n) is 5.78. The lowest BCUT2D eigenvalue weighted by atomic mass is 9.74. The molecule has 9 heteroatoms. The van der Waals surface area contributed by atoms with Crippen molar-refractivity contribution in [2.45, 2.75) is 43.3 Å². The lowest BCUT2D eigenvalue weighted by Crippen LogP contribution is -2.63. The molecule has 0 heterocycles. The minimum atomic E-state index is -5.81. The van der Waals surface area contributed by atoms with Crippen molar-refractivity contribution in [3.05, 3.63) is 12.7 Å². The van der Waals surface area contributed by atoms with Gasteiger partial charge in [0.2, 0.25) is 0 Å². The number of alkyl halides is 6. The Morgan fingerprint density at radius 2 is 1.59 bits per heavy atom. The van der Waals surface area contributed by atoms with Crippen LogP contribution in [0.1, 0.15) is 19.3 Å². The van der Waals surface area contributed by atoms with E-state index in [4.69, 9.17) is 4.74 Å². The Kier molecular flexibility index (Phi) is 4.00. The van der Waals surface area contributed by atoms with Crippen molar-refractivity contribution in [1.82, 2.24) is 0 Å². The van der Waals surface area contributed by atoms with Crippen molar-refractivity contribution in [3.8, 4) is 0 Å². The smallest absolute Gasteiger partial charge is 0.426 e. The first-order chi connectivity index (χ1) is 9.91. The highest BCUT2D eigenvalue weighted by molar-refractivity contribution is 5.81. The zero-order valence-corrected chi connectivity index (χ0v) is 11.2. The molecule has 0 spiro atoms. The van der Waals surface area contributed by atoms with Crippen LogP contribution in [0.4, 0.5) is 26.3 Å². The molecule has 4 unspecified atom stereocenters. The van der Waals surface area contributed by atoms with Gasteiger partial charge < -0.3 is 9.84 Å². The van der Waals surface area contributed by atoms with Gasteiger partial charge >= 0.3 is 18.3 Å². The average Bonchev–Trinajstić information content (AvgIpc) is 2.94. The van der Waals surface area contributed by atoms with Crippen molar-refractivity contribution >= 4 is 5.97 Å². The van der Waals surface area contributed by atoms with Crippen LogP contribution in [0.5, 0.6) is 0 Å². The van der Waals surface area contributed by atoms with Crippen LogP contribution in [0.25, 0.3) is 0 Å². The summed E-state index contributed by atoms with van der Waals surface area (Å²) in [4.78, 5) is 11.1. The lowest BCUT2D eigenvalue weighted by Gasteiger charge is -2.41. The monoisotopic (exact) mass is 332 g/mol. The molecule has 0 aromatic heterocycles. The highest BCUT2D eigenvalue weighted by atomic mass is 19.4. The molecule has 1 N–H and O–H groups in total. The molecule has 2 saturated carbocycles. The summed E-state index contributed by atoms with van der Waals surface area (Å²) in [6.07, 6.45) is -12.0. The molecule has 0 aromatic rings. The predicted octanol–water partition coefficient (Wildman–Crippen LogP) is 2.99. The van der Waals surface area contributed by atoms with E-state index in [1.54, 1.807) is 0 Å². The summed E-state index contributed by atoms with van der Waals surface area (Å²) in [5, 5.41) is 9.45. The SMILES string of the molecule is C=CC(=O)OC1CC2CC1CC2C(O)(C(F)(F)F)C(F)(F)F. The molecule has 0 amide bonds. The van der Waals surface area contributed by atoms with Crippen molar-refractivity contribution in [3.63, 3.8) is 0 Å². The van der Waals surface area contributed by atoms with E-state index in [1.807, 2.05) is 0 Å². The fraction of sp³-hybridized carbons (Fsp3) is 0.769. The van der Waals surface area contributed by atoms with Gasteiger partial charge in [0.25, 0.3) is 5.60 Å². The van der Waals surface area contributed by atoms with E-state index in [0.29, 0.717) is 0 Å². The molecule has 0 aromatic carbocycles. The van der Waals surface area contributed by atoms with Gasteiger partial charge in [-0.15, -0.1) is 0 Å². The van der Waals surface area contributed by atoms with Gasteiger partial charge in [0.1, 0.15) is 6.10 Å². The van der Waals surface area contributed by atoms with Crippen molar-refractivity contribution < 1.29 is 41.0 Å². The first-order valence-electron chi connectivity index (χ1n) is 6.60. The number of carbonyl (C=O) groups is 1. The van der Waals surface area contributed by atoms with Crippen LogP contribution >= 0.6 is 0 Å². The van der Waals surface area contributed by atoms with Gasteiger partial charge in [-0.3, -0.25) is 0 Å². The predicted molar refractivity (Wildman–Crippen MR) is 61.5 cm³/mol. The Bertz CT molecular complexity index is 455. The molecule has 3 nitrogen and oxygen atoms in total. The average molecular weight is 332 g/mol. The van der Waals surface area contributed by atoms with E-state index in [1.165, 1.54) is 0 Å². The maximum absolute atomic E-state index is 12.9. The summed E-state index contributed by atoms with van der Waals surface area (Å²) >= 11 is 0. The van der Waals surface area contributed by atoms with Crippen molar-refractivity contribution in [2.24, 2.45) is 17.8 Å². The second kappa shape index (κ2) is 5.14. The minimum absolute atomic E-state index is 0.0637. The van der Waals surface area contributed by atoms with E-state index in [-0.39, 0.29) is 12.8 Å². The molecule has 4 atom stereocenters. The van der Waals surface area contributed by atoms with Crippen LogP contribution in [-0.4, -0.2) is 35.1 Å². The van der Waals surface area contributed by atoms with Gasteiger partial charge in [-0.05, 0) is 31.1 Å². The van der Waals surface area contributed by atoms with E-state index < -0.39 is 54.2 Å². The lowest BCUT2D eigenvalue weighted by molar-refractivity contribution is -0.389. The molecule has 0 saturated heterocycles. The van der Waals surface area contributed by atoms with Crippen LogP contribution in [0.3, 0.4) is 0 Å². The highest BCUT2D eigenvalue weighted by Gasteiger charge is 2.76. The van der Waals surface area contributed by atoms with E-state index in [9.17, 15) is 36.2 Å². The Labute approximate surface area is 121 Å². The number of esters is 1. The van der Waals surface area contributed by atoms with Gasteiger partial charge in [0.15, 0.2) is 0 Å². The number of halogens is 6. The molecule has 2 rings (SSSR count). The maximum Gasteiger partial charge on any atom is 0.426 e. The van der Waals surface area contributed by atoms with Crippen LogP contribution in [-0.2, 0) is 9.53 Å². The van der Waals surface area contributed by atoms with Crippen molar-refractivity contribution in [1.29, 1.82) is 0 Å². The van der Waals surface area contributed by atoms with Gasteiger partial charge in [0, 0.05) is 12.0 Å². The molecule has 2 fully saturated rings. The zero-order valence-electron chi connectivity index (χ0n) is 11.2. The normalized spacial score (nSPS) is 32.1. The van der Waals surface area contributed by atoms with Gasteiger partial charge in [-0.25, -0.2) is 4.79 Å². The largest absolute Gasteiger partial charge is 0.459 e. The number of rotatable bonds is 3. The summed E-state index contributed by atoms with van der Waals surface area (Å²) in [5.41, 5.74) is -4.73. The third-order valence-electron chi connectivity index (χ3n) is 4.63. The summed E-state index contributed by atoms with van der Waals surface area (Å²) in [5.74, 6) is -4.36. The molecule has 22 heavy (non-hydrogen) atoms. The Balaban J connectivity index is 2.20. The number of carbonyl (C=O) groups excluding carboxylic acids is 1. The van der Waals surface area contributed by atoms with E-state index in [0.717, 1.165) is 6.08 Å². The highest BCUT2D eigenvalue weighted by Crippen LogP contribution is 2.60. The Morgan fingerprint density at radius 1 is 1.05 bits per heavy atom. The third kappa shape index (κ3) is 2.49. The third-order valence-corrected chi connectivity index (χ3v) is 4.63. The van der Waals surface area contributed by atoms with Gasteiger partial charge in [-0.2, -0.15) is 26.3 Å². The first-order valence-corrected chi connectivity index (χ1v) is 6.60. The number of hydrogen-bond acceptors (Lipinski definition) is 3. The first kappa shape index (κ1) is 17.1. The van der Waals surface area contributed by atoms with Gasteiger partial charge in [0.05, 0.1) is 0 Å². The minimum Gasteiger partial charge on any atom is -0.459 e. The molecule has 0 radical (unpaired) electrons. The second-order valence-corrected chi connectivity index (χ2v) is 5.78. The standard InChI is InChI=1S/C13H14F6O3/c1-2-10(20)22-9-5-6-3-7(9)4-8(6)11(21,12(14,15)16)13(17,18)19/h2,6-9,21H,1,3-5H2. The Morgan fingerprint density at radius 3 is 1.95 bits per heavy atom. The maximum atomic E-state index is 12.9. The topological polar surface area (TPSA) is 46.5 Å².